The summed E-state index contributed by atoms with van der Waals surface area (Å²) in [5.74, 6) is -0.407. The zero-order valence-electron chi connectivity index (χ0n) is 17.2. The van der Waals surface area contributed by atoms with E-state index in [-0.39, 0.29) is 17.7 Å². The fraction of sp³-hybridized carbons (Fsp3) is 0.391. The minimum absolute atomic E-state index is 0.0633. The summed E-state index contributed by atoms with van der Waals surface area (Å²) >= 11 is 6.27. The van der Waals surface area contributed by atoms with Crippen LogP contribution in [0.4, 0.5) is 5.69 Å². The Labute approximate surface area is 182 Å². The lowest BCUT2D eigenvalue weighted by molar-refractivity contribution is -0.121. The number of amides is 2. The molecule has 1 heterocycles. The number of nitrogens with zero attached hydrogens (tertiary/aromatic N) is 1. The van der Waals surface area contributed by atoms with E-state index in [2.05, 4.69) is 27.7 Å². The summed E-state index contributed by atoms with van der Waals surface area (Å²) in [4.78, 5) is 27.5. The van der Waals surface area contributed by atoms with Crippen LogP contribution >= 0.6 is 11.6 Å². The molecule has 30 heavy (non-hydrogen) atoms. The van der Waals surface area contributed by atoms with Crippen molar-refractivity contribution in [3.05, 3.63) is 64.7 Å². The largest absolute Gasteiger partial charge is 0.383 e. The Bertz CT molecular complexity index is 860. The van der Waals surface area contributed by atoms with E-state index in [9.17, 15) is 9.59 Å². The first kappa shape index (κ1) is 22.3. The number of rotatable bonds is 8. The predicted molar refractivity (Wildman–Crippen MR) is 119 cm³/mol. The molecule has 2 aromatic carbocycles. The second kappa shape index (κ2) is 11.1. The van der Waals surface area contributed by atoms with Crippen LogP contribution in [0, 0.1) is 5.92 Å². The molecule has 0 radical (unpaired) electrons. The van der Waals surface area contributed by atoms with E-state index in [1.54, 1.807) is 25.3 Å². The number of anilines is 1. The lowest BCUT2D eigenvalue weighted by Gasteiger charge is -2.32. The number of benzene rings is 2. The summed E-state index contributed by atoms with van der Waals surface area (Å²) in [6.07, 6.45) is 1.81. The van der Waals surface area contributed by atoms with Gasteiger partial charge < -0.3 is 15.4 Å². The molecule has 2 amide bonds. The summed E-state index contributed by atoms with van der Waals surface area (Å²) < 4.78 is 4.94. The van der Waals surface area contributed by atoms with E-state index in [0.29, 0.717) is 36.0 Å². The van der Waals surface area contributed by atoms with Gasteiger partial charge >= 0.3 is 0 Å². The van der Waals surface area contributed by atoms with Gasteiger partial charge in [0.05, 0.1) is 23.2 Å². The SMILES string of the molecule is COCCNC(=O)c1ccc(Cl)c(NC(=O)C2CCCN(Cc3ccccc3)C2)c1. The van der Waals surface area contributed by atoms with E-state index >= 15 is 0 Å². The van der Waals surface area contributed by atoms with Crippen molar-refractivity contribution < 1.29 is 14.3 Å². The van der Waals surface area contributed by atoms with Gasteiger partial charge in [-0.1, -0.05) is 41.9 Å². The van der Waals surface area contributed by atoms with Crippen LogP contribution in [0.5, 0.6) is 0 Å². The fourth-order valence-corrected chi connectivity index (χ4v) is 3.79. The van der Waals surface area contributed by atoms with E-state index in [0.717, 1.165) is 25.9 Å². The number of ether oxygens (including phenoxy) is 1. The van der Waals surface area contributed by atoms with Gasteiger partial charge in [0.15, 0.2) is 0 Å². The van der Waals surface area contributed by atoms with E-state index < -0.39 is 0 Å². The van der Waals surface area contributed by atoms with Gasteiger partial charge in [0.2, 0.25) is 5.91 Å². The molecule has 160 valence electrons. The number of hydrogen-bond donors (Lipinski definition) is 2. The molecule has 0 bridgehead atoms. The van der Waals surface area contributed by atoms with Crippen molar-refractivity contribution in [1.82, 2.24) is 10.2 Å². The highest BCUT2D eigenvalue weighted by Crippen LogP contribution is 2.26. The van der Waals surface area contributed by atoms with Crippen molar-refractivity contribution >= 4 is 29.1 Å². The number of halogens is 1. The smallest absolute Gasteiger partial charge is 0.251 e. The standard InChI is InChI=1S/C23H28ClN3O3/c1-30-13-11-25-22(28)18-9-10-20(24)21(14-18)26-23(29)19-8-5-12-27(16-19)15-17-6-3-2-4-7-17/h2-4,6-7,9-10,14,19H,5,8,11-13,15-16H2,1H3,(H,25,28)(H,26,29). The van der Waals surface area contributed by atoms with E-state index in [1.807, 2.05) is 18.2 Å². The van der Waals surface area contributed by atoms with Crippen molar-refractivity contribution in [2.24, 2.45) is 5.92 Å². The zero-order valence-corrected chi connectivity index (χ0v) is 18.0. The fourth-order valence-electron chi connectivity index (χ4n) is 3.62. The van der Waals surface area contributed by atoms with E-state index in [4.69, 9.17) is 16.3 Å². The van der Waals surface area contributed by atoms with Crippen LogP contribution in [0.3, 0.4) is 0 Å². The van der Waals surface area contributed by atoms with Crippen LogP contribution in [-0.2, 0) is 16.1 Å². The Kier molecular flexibility index (Phi) is 8.25. The first-order valence-electron chi connectivity index (χ1n) is 10.2. The molecule has 0 aromatic heterocycles. The third kappa shape index (κ3) is 6.29. The molecule has 1 fully saturated rings. The average Bonchev–Trinajstić information content (AvgIpc) is 2.76. The molecule has 1 atom stereocenters. The maximum absolute atomic E-state index is 12.9. The molecule has 1 aliphatic heterocycles. The molecule has 2 aromatic rings. The minimum atomic E-state index is -0.231. The van der Waals surface area contributed by atoms with Crippen molar-refractivity contribution in [1.29, 1.82) is 0 Å². The van der Waals surface area contributed by atoms with E-state index in [1.165, 1.54) is 5.56 Å². The van der Waals surface area contributed by atoms with Crippen LogP contribution in [0.25, 0.3) is 0 Å². The third-order valence-corrected chi connectivity index (χ3v) is 5.53. The van der Waals surface area contributed by atoms with Gasteiger partial charge in [-0.05, 0) is 43.1 Å². The Morgan fingerprint density at radius 2 is 2.00 bits per heavy atom. The van der Waals surface area contributed by atoms with Crippen molar-refractivity contribution in [2.75, 3.05) is 38.7 Å². The maximum Gasteiger partial charge on any atom is 0.251 e. The molecule has 0 aliphatic carbocycles. The molecule has 0 saturated carbocycles. The molecule has 1 unspecified atom stereocenters. The first-order valence-corrected chi connectivity index (χ1v) is 10.6. The third-order valence-electron chi connectivity index (χ3n) is 5.20. The lowest BCUT2D eigenvalue weighted by Crippen LogP contribution is -2.40. The number of piperidine rings is 1. The molecule has 3 rings (SSSR count). The number of likely N-dealkylation sites (tertiary alicyclic amines) is 1. The highest BCUT2D eigenvalue weighted by molar-refractivity contribution is 6.33. The summed E-state index contributed by atoms with van der Waals surface area (Å²) in [6, 6.07) is 15.2. The summed E-state index contributed by atoms with van der Waals surface area (Å²) in [7, 11) is 1.58. The maximum atomic E-state index is 12.9. The van der Waals surface area contributed by atoms with Crippen LogP contribution in [0.2, 0.25) is 5.02 Å². The normalized spacial score (nSPS) is 16.8. The van der Waals surface area contributed by atoms with Crippen molar-refractivity contribution in [2.45, 2.75) is 19.4 Å². The highest BCUT2D eigenvalue weighted by atomic mass is 35.5. The summed E-state index contributed by atoms with van der Waals surface area (Å²) in [5.41, 5.74) is 2.15. The van der Waals surface area contributed by atoms with Gasteiger partial charge in [-0.3, -0.25) is 14.5 Å². The highest BCUT2D eigenvalue weighted by Gasteiger charge is 2.26. The molecule has 0 spiro atoms. The topological polar surface area (TPSA) is 70.7 Å². The summed E-state index contributed by atoms with van der Waals surface area (Å²) in [5, 5.41) is 6.10. The Balaban J connectivity index is 1.60. The Morgan fingerprint density at radius 3 is 2.77 bits per heavy atom. The second-order valence-electron chi connectivity index (χ2n) is 7.49. The number of hydrogen-bond acceptors (Lipinski definition) is 4. The molecule has 6 nitrogen and oxygen atoms in total. The van der Waals surface area contributed by atoms with Crippen LogP contribution in [0.15, 0.2) is 48.5 Å². The minimum Gasteiger partial charge on any atom is -0.383 e. The summed E-state index contributed by atoms with van der Waals surface area (Å²) in [6.45, 7) is 3.37. The number of carbonyl (C=O) groups excluding carboxylic acids is 2. The van der Waals surface area contributed by atoms with Crippen molar-refractivity contribution in [3.63, 3.8) is 0 Å². The molecule has 2 N–H and O–H groups in total. The van der Waals surface area contributed by atoms with Crippen LogP contribution < -0.4 is 10.6 Å². The number of methoxy groups -OCH3 is 1. The van der Waals surface area contributed by atoms with Crippen LogP contribution in [-0.4, -0.2) is 50.1 Å². The van der Waals surface area contributed by atoms with Gasteiger partial charge in [-0.15, -0.1) is 0 Å². The van der Waals surface area contributed by atoms with Gasteiger partial charge in [0.1, 0.15) is 0 Å². The van der Waals surface area contributed by atoms with Crippen LogP contribution in [0.1, 0.15) is 28.8 Å². The van der Waals surface area contributed by atoms with Gasteiger partial charge in [-0.2, -0.15) is 0 Å². The first-order chi connectivity index (χ1) is 14.6. The van der Waals surface area contributed by atoms with Gasteiger partial charge in [0, 0.05) is 32.3 Å². The average molecular weight is 430 g/mol. The van der Waals surface area contributed by atoms with Crippen molar-refractivity contribution in [3.8, 4) is 0 Å². The molecule has 1 saturated heterocycles. The lowest BCUT2D eigenvalue weighted by atomic mass is 9.96. The monoisotopic (exact) mass is 429 g/mol. The Hall–Kier alpha value is -2.41. The molecular formula is C23H28ClN3O3. The molecule has 7 heteroatoms. The second-order valence-corrected chi connectivity index (χ2v) is 7.90. The zero-order chi connectivity index (χ0) is 21.3. The Morgan fingerprint density at radius 1 is 1.20 bits per heavy atom. The number of nitrogens with one attached hydrogen (secondary N) is 2. The number of carbonyl (C=O) groups is 2. The van der Waals surface area contributed by atoms with Gasteiger partial charge in [-0.25, -0.2) is 0 Å². The predicted octanol–water partition coefficient (Wildman–Crippen LogP) is 3.57. The molecular weight excluding hydrogens is 402 g/mol. The quantitative estimate of drug-likeness (QED) is 0.629. The van der Waals surface area contributed by atoms with Gasteiger partial charge in [0.25, 0.3) is 5.91 Å². The molecule has 1 aliphatic rings.